The van der Waals surface area contributed by atoms with Crippen molar-refractivity contribution >= 4 is 22.7 Å². The summed E-state index contributed by atoms with van der Waals surface area (Å²) in [6.45, 7) is 3.74. The first-order valence-corrected chi connectivity index (χ1v) is 13.4. The van der Waals surface area contributed by atoms with Gasteiger partial charge in [-0.1, -0.05) is 29.4 Å². The van der Waals surface area contributed by atoms with E-state index >= 15 is 0 Å². The van der Waals surface area contributed by atoms with Crippen LogP contribution in [0.1, 0.15) is 54.2 Å². The van der Waals surface area contributed by atoms with E-state index in [9.17, 15) is 18.4 Å². The lowest BCUT2D eigenvalue weighted by atomic mass is 9.94. The first kappa shape index (κ1) is 25.9. The zero-order valence-corrected chi connectivity index (χ0v) is 21.9. The van der Waals surface area contributed by atoms with Crippen LogP contribution in [0.15, 0.2) is 59.1 Å². The number of halogens is 3. The molecule has 0 N–H and O–H groups in total. The van der Waals surface area contributed by atoms with E-state index in [2.05, 4.69) is 44.1 Å². The molecule has 0 radical (unpaired) electrons. The molecule has 2 fully saturated rings. The van der Waals surface area contributed by atoms with E-state index in [0.717, 1.165) is 72.3 Å². The Morgan fingerprint density at radius 3 is 2.58 bits per heavy atom. The summed E-state index contributed by atoms with van der Waals surface area (Å²) in [6.07, 6.45) is 3.15. The monoisotopic (exact) mass is 544 g/mol. The number of para-hydroxylation sites is 1. The molecule has 0 spiro atoms. The average molecular weight is 545 g/mol. The predicted octanol–water partition coefficient (Wildman–Crippen LogP) is 7.78. The van der Waals surface area contributed by atoms with Crippen LogP contribution in [0.5, 0.6) is 5.75 Å². The van der Waals surface area contributed by atoms with Crippen molar-refractivity contribution in [1.82, 2.24) is 10.1 Å². The van der Waals surface area contributed by atoms with E-state index < -0.39 is 6.36 Å². The van der Waals surface area contributed by atoms with Gasteiger partial charge in [-0.25, -0.2) is 4.98 Å². The summed E-state index contributed by atoms with van der Waals surface area (Å²) in [4.78, 5) is 6.77. The molecule has 2 aromatic heterocycles. The van der Waals surface area contributed by atoms with E-state index in [4.69, 9.17) is 4.52 Å². The Kier molecular flexibility index (Phi) is 6.70. The summed E-state index contributed by atoms with van der Waals surface area (Å²) >= 11 is 0. The van der Waals surface area contributed by atoms with Crippen molar-refractivity contribution in [2.75, 3.05) is 18.0 Å². The van der Waals surface area contributed by atoms with E-state index in [-0.39, 0.29) is 17.2 Å². The number of allylic oxidation sites excluding steroid dienone is 1. The number of piperidine rings is 1. The Bertz CT molecular complexity index is 1620. The van der Waals surface area contributed by atoms with Crippen LogP contribution in [-0.2, 0) is 0 Å². The van der Waals surface area contributed by atoms with Crippen molar-refractivity contribution < 1.29 is 22.4 Å². The molecule has 1 saturated heterocycles. The highest BCUT2D eigenvalue weighted by atomic mass is 19.4. The highest BCUT2D eigenvalue weighted by molar-refractivity contribution is 5.86. The van der Waals surface area contributed by atoms with E-state index in [0.29, 0.717) is 17.3 Å². The number of anilines is 1. The third-order valence-corrected chi connectivity index (χ3v) is 7.63. The minimum Gasteiger partial charge on any atom is -0.405 e. The van der Waals surface area contributed by atoms with Crippen molar-refractivity contribution in [3.05, 3.63) is 77.2 Å². The second-order valence-electron chi connectivity index (χ2n) is 10.4. The molecule has 1 saturated carbocycles. The molecule has 40 heavy (non-hydrogen) atoms. The molecule has 204 valence electrons. The lowest BCUT2D eigenvalue weighted by molar-refractivity contribution is -0.274. The van der Waals surface area contributed by atoms with Gasteiger partial charge >= 0.3 is 6.36 Å². The zero-order chi connectivity index (χ0) is 27.9. The Labute approximate surface area is 229 Å². The number of aromatic nitrogens is 2. The smallest absolute Gasteiger partial charge is 0.405 e. The van der Waals surface area contributed by atoms with Gasteiger partial charge in [0.25, 0.3) is 0 Å². The number of hydrogen-bond donors (Lipinski definition) is 0. The predicted molar refractivity (Wildman–Crippen MR) is 146 cm³/mol. The fraction of sp³-hybridized carbons (Fsp3) is 0.323. The average Bonchev–Trinajstić information content (AvgIpc) is 3.70. The van der Waals surface area contributed by atoms with Gasteiger partial charge in [0, 0.05) is 41.2 Å². The Hall–Kier alpha value is -4.32. The van der Waals surface area contributed by atoms with Crippen LogP contribution in [0.2, 0.25) is 0 Å². The lowest BCUT2D eigenvalue weighted by Gasteiger charge is -2.32. The molecule has 0 bridgehead atoms. The summed E-state index contributed by atoms with van der Waals surface area (Å²) in [6, 6.07) is 16.1. The van der Waals surface area contributed by atoms with Crippen molar-refractivity contribution in [2.24, 2.45) is 5.92 Å². The van der Waals surface area contributed by atoms with Crippen LogP contribution in [0.25, 0.3) is 28.2 Å². The minimum absolute atomic E-state index is 0.244. The second-order valence-corrected chi connectivity index (χ2v) is 10.4. The number of hydrogen-bond acceptors (Lipinski definition) is 6. The Balaban J connectivity index is 1.20. The molecule has 0 atom stereocenters. The molecule has 6 nitrogen and oxygen atoms in total. The van der Waals surface area contributed by atoms with Gasteiger partial charge in [0.2, 0.25) is 0 Å². The molecule has 4 aromatic rings. The normalized spacial score (nSPS) is 16.5. The fourth-order valence-electron chi connectivity index (χ4n) is 5.40. The maximum Gasteiger partial charge on any atom is 0.573 e. The Morgan fingerprint density at radius 1 is 1.07 bits per heavy atom. The summed E-state index contributed by atoms with van der Waals surface area (Å²) < 4.78 is 49.1. The molecule has 1 aliphatic heterocycles. The SMILES string of the molecule is Cc1cc(C#N)nc2ccc(N3CCC(C=Cc4c(-c5ccccc5OC(F)(F)F)noc4C4CC4)CC3)cc12. The minimum atomic E-state index is -4.80. The van der Waals surface area contributed by atoms with Gasteiger partial charge in [0.05, 0.1) is 5.52 Å². The number of nitriles is 1. The van der Waals surface area contributed by atoms with Gasteiger partial charge in [0.1, 0.15) is 29.0 Å². The zero-order valence-electron chi connectivity index (χ0n) is 21.9. The van der Waals surface area contributed by atoms with Crippen LogP contribution in [0, 0.1) is 24.2 Å². The van der Waals surface area contributed by atoms with Crippen LogP contribution < -0.4 is 9.64 Å². The molecular formula is C31H27F3N4O2. The van der Waals surface area contributed by atoms with E-state index in [1.165, 1.54) is 12.1 Å². The fourth-order valence-corrected chi connectivity index (χ4v) is 5.40. The summed E-state index contributed by atoms with van der Waals surface area (Å²) in [7, 11) is 0. The van der Waals surface area contributed by atoms with Gasteiger partial charge in [-0.2, -0.15) is 5.26 Å². The summed E-state index contributed by atoms with van der Waals surface area (Å²) in [5.41, 5.74) is 4.75. The largest absolute Gasteiger partial charge is 0.573 e. The third kappa shape index (κ3) is 5.39. The van der Waals surface area contributed by atoms with Crippen LogP contribution in [0.4, 0.5) is 18.9 Å². The lowest BCUT2D eigenvalue weighted by Crippen LogP contribution is -2.33. The molecule has 6 rings (SSSR count). The maximum atomic E-state index is 13.1. The molecule has 9 heteroatoms. The van der Waals surface area contributed by atoms with Gasteiger partial charge in [-0.05, 0) is 80.5 Å². The van der Waals surface area contributed by atoms with Crippen molar-refractivity contribution in [2.45, 2.75) is 44.9 Å². The summed E-state index contributed by atoms with van der Waals surface area (Å²) in [5, 5.41) is 14.4. The van der Waals surface area contributed by atoms with Gasteiger partial charge in [-0.15, -0.1) is 13.2 Å². The molecular weight excluding hydrogens is 517 g/mol. The number of aryl methyl sites for hydroxylation is 1. The quantitative estimate of drug-likeness (QED) is 0.247. The first-order chi connectivity index (χ1) is 19.3. The van der Waals surface area contributed by atoms with Gasteiger partial charge in [0.15, 0.2) is 0 Å². The van der Waals surface area contributed by atoms with Crippen molar-refractivity contribution in [1.29, 1.82) is 5.26 Å². The molecule has 0 amide bonds. The molecule has 0 unspecified atom stereocenters. The molecule has 2 aromatic carbocycles. The number of fused-ring (bicyclic) bond motifs is 1. The standard InChI is InChI=1S/C31H27F3N4O2/c1-19-16-22(18-35)36-27-11-9-23(17-26(19)27)38-14-12-20(13-15-38)6-10-25-29(37-40-30(25)21-7-8-21)24-4-2-3-5-28(24)39-31(32,33)34/h2-6,9-11,16-17,20-21H,7-8,12-15H2,1H3. The molecule has 2 aliphatic rings. The van der Waals surface area contributed by atoms with Gasteiger partial charge < -0.3 is 14.2 Å². The number of rotatable bonds is 6. The van der Waals surface area contributed by atoms with Crippen molar-refractivity contribution in [3.63, 3.8) is 0 Å². The Morgan fingerprint density at radius 2 is 1.85 bits per heavy atom. The third-order valence-electron chi connectivity index (χ3n) is 7.63. The van der Waals surface area contributed by atoms with E-state index in [1.54, 1.807) is 12.1 Å². The highest BCUT2D eigenvalue weighted by Gasteiger charge is 2.35. The number of nitrogens with zero attached hydrogens (tertiary/aromatic N) is 4. The van der Waals surface area contributed by atoms with Crippen molar-refractivity contribution in [3.8, 4) is 23.1 Å². The number of alkyl halides is 3. The van der Waals surface area contributed by atoms with E-state index in [1.807, 2.05) is 25.1 Å². The molecule has 1 aliphatic carbocycles. The maximum absolute atomic E-state index is 13.1. The number of benzene rings is 2. The second kappa shape index (κ2) is 10.3. The first-order valence-electron chi connectivity index (χ1n) is 13.4. The van der Waals surface area contributed by atoms with Crippen LogP contribution in [-0.4, -0.2) is 29.6 Å². The topological polar surface area (TPSA) is 75.2 Å². The van der Waals surface area contributed by atoms with Crippen LogP contribution >= 0.6 is 0 Å². The summed E-state index contributed by atoms with van der Waals surface area (Å²) in [5.74, 6) is 0.992. The molecule has 3 heterocycles. The van der Waals surface area contributed by atoms with Crippen LogP contribution in [0.3, 0.4) is 0 Å². The van der Waals surface area contributed by atoms with Gasteiger partial charge in [-0.3, -0.25) is 0 Å². The number of ether oxygens (including phenoxy) is 1. The highest BCUT2D eigenvalue weighted by Crippen LogP contribution is 2.46. The number of pyridine rings is 1.